The Hall–Kier alpha value is -2.40. The third-order valence-corrected chi connectivity index (χ3v) is 6.13. The Morgan fingerprint density at radius 2 is 1.79 bits per heavy atom. The van der Waals surface area contributed by atoms with E-state index in [9.17, 15) is 0 Å². The van der Waals surface area contributed by atoms with Crippen molar-refractivity contribution in [3.05, 3.63) is 46.5 Å². The predicted octanol–water partition coefficient (Wildman–Crippen LogP) is 4.47. The van der Waals surface area contributed by atoms with Crippen LogP contribution < -0.4 is 18.9 Å². The monoisotopic (exact) mass is 397 g/mol. The number of hydrogen-bond acceptors (Lipinski definition) is 5. The zero-order valence-corrected chi connectivity index (χ0v) is 18.1. The highest BCUT2D eigenvalue weighted by molar-refractivity contribution is 5.57. The molecule has 0 aliphatic carbocycles. The minimum absolute atomic E-state index is 0.133. The molecule has 2 heterocycles. The van der Waals surface area contributed by atoms with E-state index >= 15 is 0 Å². The Kier molecular flexibility index (Phi) is 5.34. The van der Waals surface area contributed by atoms with Crippen LogP contribution in [-0.4, -0.2) is 39.0 Å². The van der Waals surface area contributed by atoms with Gasteiger partial charge in [-0.25, -0.2) is 0 Å². The van der Waals surface area contributed by atoms with Gasteiger partial charge in [-0.1, -0.05) is 19.9 Å². The molecule has 0 aromatic heterocycles. The topological polar surface area (TPSA) is 40.2 Å². The zero-order chi connectivity index (χ0) is 20.6. The summed E-state index contributed by atoms with van der Waals surface area (Å²) in [4.78, 5) is 2.35. The number of ether oxygens (including phenoxy) is 4. The molecule has 29 heavy (non-hydrogen) atoms. The van der Waals surface area contributed by atoms with Crippen molar-refractivity contribution >= 4 is 0 Å². The molecule has 2 aliphatic rings. The molecule has 4 rings (SSSR count). The van der Waals surface area contributed by atoms with E-state index in [-0.39, 0.29) is 5.41 Å². The minimum atomic E-state index is -0.133. The molecule has 1 atom stereocenters. The Balaban J connectivity index is 1.68. The summed E-state index contributed by atoms with van der Waals surface area (Å²) < 4.78 is 23.3. The maximum Gasteiger partial charge on any atom is 0.161 e. The van der Waals surface area contributed by atoms with Gasteiger partial charge in [0.1, 0.15) is 18.2 Å². The first-order valence-electron chi connectivity index (χ1n) is 10.3. The predicted molar refractivity (Wildman–Crippen MR) is 113 cm³/mol. The van der Waals surface area contributed by atoms with E-state index in [1.807, 2.05) is 6.07 Å². The summed E-state index contributed by atoms with van der Waals surface area (Å²) in [5.41, 5.74) is 4.71. The SMILES string of the molecule is CCCN1COc2c(cc3c(c2C)OCC(C)(c2ccc(OC)c(OC)c2)C3)C1. The standard InChI is InChI=1S/C24H31NO4/c1-6-9-25-13-18-10-17-12-24(3,14-28-22(17)16(2)23(18)29-15-25)19-7-8-20(26-4)21(11-19)27-5/h7-8,10-11H,6,9,12-15H2,1-5H3. The molecule has 0 saturated carbocycles. The van der Waals surface area contributed by atoms with Crippen LogP contribution in [0.4, 0.5) is 0 Å². The molecule has 2 aliphatic heterocycles. The summed E-state index contributed by atoms with van der Waals surface area (Å²) in [7, 11) is 3.34. The lowest BCUT2D eigenvalue weighted by molar-refractivity contribution is 0.0933. The van der Waals surface area contributed by atoms with Gasteiger partial charge in [0.15, 0.2) is 11.5 Å². The summed E-state index contributed by atoms with van der Waals surface area (Å²) >= 11 is 0. The quantitative estimate of drug-likeness (QED) is 0.745. The lowest BCUT2D eigenvalue weighted by Gasteiger charge is -2.38. The van der Waals surface area contributed by atoms with Crippen LogP contribution in [0.15, 0.2) is 24.3 Å². The Morgan fingerprint density at radius 3 is 2.52 bits per heavy atom. The van der Waals surface area contributed by atoms with Crippen LogP contribution in [-0.2, 0) is 18.4 Å². The van der Waals surface area contributed by atoms with E-state index < -0.39 is 0 Å². The van der Waals surface area contributed by atoms with Crippen molar-refractivity contribution in [3.8, 4) is 23.0 Å². The van der Waals surface area contributed by atoms with Crippen LogP contribution >= 0.6 is 0 Å². The normalized spacial score (nSPS) is 20.9. The summed E-state index contributed by atoms with van der Waals surface area (Å²) in [6.45, 7) is 9.84. The number of methoxy groups -OCH3 is 2. The second-order valence-electron chi connectivity index (χ2n) is 8.40. The third-order valence-electron chi connectivity index (χ3n) is 6.13. The van der Waals surface area contributed by atoms with E-state index in [1.54, 1.807) is 14.2 Å². The minimum Gasteiger partial charge on any atom is -0.493 e. The molecule has 0 spiro atoms. The van der Waals surface area contributed by atoms with Crippen molar-refractivity contribution in [1.82, 2.24) is 4.90 Å². The number of benzene rings is 2. The molecular formula is C24H31NO4. The molecule has 0 fully saturated rings. The van der Waals surface area contributed by atoms with Crippen molar-refractivity contribution in [2.75, 3.05) is 34.1 Å². The maximum absolute atomic E-state index is 6.33. The molecule has 5 heteroatoms. The second kappa shape index (κ2) is 7.79. The molecule has 5 nitrogen and oxygen atoms in total. The van der Waals surface area contributed by atoms with Gasteiger partial charge in [-0.3, -0.25) is 4.90 Å². The molecule has 0 N–H and O–H groups in total. The first kappa shape index (κ1) is 19.9. The van der Waals surface area contributed by atoms with Crippen LogP contribution in [0.2, 0.25) is 0 Å². The highest BCUT2D eigenvalue weighted by atomic mass is 16.5. The second-order valence-corrected chi connectivity index (χ2v) is 8.40. The van der Waals surface area contributed by atoms with Crippen LogP contribution in [0.3, 0.4) is 0 Å². The van der Waals surface area contributed by atoms with Gasteiger partial charge in [0, 0.05) is 29.6 Å². The molecule has 2 aromatic carbocycles. The fourth-order valence-corrected chi connectivity index (χ4v) is 4.58. The van der Waals surface area contributed by atoms with Crippen molar-refractivity contribution in [3.63, 3.8) is 0 Å². The van der Waals surface area contributed by atoms with Crippen molar-refractivity contribution in [2.24, 2.45) is 0 Å². The summed E-state index contributed by atoms with van der Waals surface area (Å²) in [5.74, 6) is 3.49. The number of rotatable bonds is 5. The fraction of sp³-hybridized carbons (Fsp3) is 0.500. The highest BCUT2D eigenvalue weighted by Crippen LogP contribution is 2.45. The largest absolute Gasteiger partial charge is 0.493 e. The van der Waals surface area contributed by atoms with Gasteiger partial charge in [-0.15, -0.1) is 0 Å². The Morgan fingerprint density at radius 1 is 1.03 bits per heavy atom. The third kappa shape index (κ3) is 3.52. The average Bonchev–Trinajstić information content (AvgIpc) is 2.73. The first-order chi connectivity index (χ1) is 14.0. The smallest absolute Gasteiger partial charge is 0.161 e. The lowest BCUT2D eigenvalue weighted by Crippen LogP contribution is -2.37. The molecule has 156 valence electrons. The van der Waals surface area contributed by atoms with E-state index in [4.69, 9.17) is 18.9 Å². The van der Waals surface area contributed by atoms with E-state index in [2.05, 4.69) is 43.9 Å². The van der Waals surface area contributed by atoms with Crippen LogP contribution in [0.5, 0.6) is 23.0 Å². The fourth-order valence-electron chi connectivity index (χ4n) is 4.58. The van der Waals surface area contributed by atoms with Gasteiger partial charge in [0.2, 0.25) is 0 Å². The molecule has 0 amide bonds. The van der Waals surface area contributed by atoms with Crippen LogP contribution in [0, 0.1) is 6.92 Å². The molecule has 0 bridgehead atoms. The number of nitrogens with zero attached hydrogens (tertiary/aromatic N) is 1. The molecule has 0 radical (unpaired) electrons. The molecule has 2 aromatic rings. The van der Waals surface area contributed by atoms with Crippen molar-refractivity contribution < 1.29 is 18.9 Å². The number of fused-ring (bicyclic) bond motifs is 2. The van der Waals surface area contributed by atoms with Crippen LogP contribution in [0.1, 0.15) is 42.5 Å². The van der Waals surface area contributed by atoms with E-state index in [1.165, 1.54) is 16.7 Å². The molecule has 1 unspecified atom stereocenters. The molecular weight excluding hydrogens is 366 g/mol. The van der Waals surface area contributed by atoms with E-state index in [0.717, 1.165) is 54.5 Å². The average molecular weight is 398 g/mol. The van der Waals surface area contributed by atoms with Gasteiger partial charge in [0.05, 0.1) is 20.8 Å². The zero-order valence-electron chi connectivity index (χ0n) is 18.1. The van der Waals surface area contributed by atoms with Crippen molar-refractivity contribution in [1.29, 1.82) is 0 Å². The van der Waals surface area contributed by atoms with Gasteiger partial charge in [-0.2, -0.15) is 0 Å². The van der Waals surface area contributed by atoms with Crippen molar-refractivity contribution in [2.45, 2.75) is 45.6 Å². The van der Waals surface area contributed by atoms with Gasteiger partial charge in [0.25, 0.3) is 0 Å². The van der Waals surface area contributed by atoms with E-state index in [0.29, 0.717) is 13.3 Å². The Bertz CT molecular complexity index is 910. The lowest BCUT2D eigenvalue weighted by atomic mass is 9.75. The Labute approximate surface area is 173 Å². The van der Waals surface area contributed by atoms with Crippen LogP contribution in [0.25, 0.3) is 0 Å². The first-order valence-corrected chi connectivity index (χ1v) is 10.3. The summed E-state index contributed by atoms with van der Waals surface area (Å²) in [5, 5.41) is 0. The summed E-state index contributed by atoms with van der Waals surface area (Å²) in [6, 6.07) is 8.46. The number of hydrogen-bond donors (Lipinski definition) is 0. The van der Waals surface area contributed by atoms with Gasteiger partial charge < -0.3 is 18.9 Å². The van der Waals surface area contributed by atoms with Gasteiger partial charge >= 0.3 is 0 Å². The molecule has 0 saturated heterocycles. The highest BCUT2D eigenvalue weighted by Gasteiger charge is 2.36. The van der Waals surface area contributed by atoms with Gasteiger partial charge in [-0.05, 0) is 49.1 Å². The maximum atomic E-state index is 6.33. The summed E-state index contributed by atoms with van der Waals surface area (Å²) in [6.07, 6.45) is 2.04.